The Morgan fingerprint density at radius 2 is 2.21 bits per heavy atom. The minimum atomic E-state index is -0.0206. The maximum Gasteiger partial charge on any atom is 0.224 e. The molecule has 0 aliphatic rings. The molecule has 0 fully saturated rings. The number of aromatic nitrogens is 1. The lowest BCUT2D eigenvalue weighted by atomic mass is 10.1. The van der Waals surface area contributed by atoms with Crippen molar-refractivity contribution in [3.05, 3.63) is 50.4 Å². The Balaban J connectivity index is 1.88. The normalized spacial score (nSPS) is 10.5. The molecule has 0 radical (unpaired) electrons. The van der Waals surface area contributed by atoms with Crippen molar-refractivity contribution in [3.63, 3.8) is 0 Å². The summed E-state index contributed by atoms with van der Waals surface area (Å²) in [7, 11) is 0. The first-order valence-electron chi connectivity index (χ1n) is 5.98. The van der Waals surface area contributed by atoms with Crippen molar-refractivity contribution in [2.45, 2.75) is 26.8 Å². The Morgan fingerprint density at radius 1 is 1.42 bits per heavy atom. The second-order valence-electron chi connectivity index (χ2n) is 4.33. The van der Waals surface area contributed by atoms with Crippen molar-refractivity contribution >= 4 is 28.8 Å². The zero-order valence-corrected chi connectivity index (χ0v) is 12.4. The molecule has 2 rings (SSSR count). The van der Waals surface area contributed by atoms with Gasteiger partial charge in [0.05, 0.1) is 18.7 Å². The van der Waals surface area contributed by atoms with E-state index in [0.717, 1.165) is 16.3 Å². The largest absolute Gasteiger partial charge is 0.349 e. The highest BCUT2D eigenvalue weighted by Gasteiger charge is 2.07. The third-order valence-corrected chi connectivity index (χ3v) is 4.07. The average molecular weight is 295 g/mol. The lowest BCUT2D eigenvalue weighted by molar-refractivity contribution is -0.120. The van der Waals surface area contributed by atoms with Crippen LogP contribution in [0.3, 0.4) is 0 Å². The fourth-order valence-electron chi connectivity index (χ4n) is 1.68. The number of nitrogens with one attached hydrogen (secondary N) is 1. The van der Waals surface area contributed by atoms with Gasteiger partial charge in [-0.2, -0.15) is 0 Å². The Hall–Kier alpha value is -1.39. The maximum absolute atomic E-state index is 11.8. The standard InChI is InChI=1S/C14H15ClN2OS/c1-9-10(2)19-14(17-9)8-16-13(18)7-11-4-3-5-12(15)6-11/h3-6H,7-8H2,1-2H3,(H,16,18). The van der Waals surface area contributed by atoms with Crippen LogP contribution in [0.2, 0.25) is 5.02 Å². The molecule has 0 aliphatic carbocycles. The average Bonchev–Trinajstić information content (AvgIpc) is 2.66. The molecule has 2 aromatic rings. The summed E-state index contributed by atoms with van der Waals surface area (Å²) in [5.41, 5.74) is 1.94. The number of nitrogens with zero attached hydrogens (tertiary/aromatic N) is 1. The number of halogens is 1. The van der Waals surface area contributed by atoms with Crippen LogP contribution >= 0.6 is 22.9 Å². The van der Waals surface area contributed by atoms with E-state index in [-0.39, 0.29) is 5.91 Å². The van der Waals surface area contributed by atoms with Crippen molar-refractivity contribution < 1.29 is 4.79 Å². The van der Waals surface area contributed by atoms with Gasteiger partial charge in [0.1, 0.15) is 5.01 Å². The van der Waals surface area contributed by atoms with Crippen LogP contribution in [-0.4, -0.2) is 10.9 Å². The highest BCUT2D eigenvalue weighted by atomic mass is 35.5. The molecular formula is C14H15ClN2OS. The van der Waals surface area contributed by atoms with Crippen molar-refractivity contribution in [2.75, 3.05) is 0 Å². The summed E-state index contributed by atoms with van der Waals surface area (Å²) in [6.45, 7) is 4.49. The van der Waals surface area contributed by atoms with Gasteiger partial charge in [-0.3, -0.25) is 4.79 Å². The number of thiazole rings is 1. The zero-order chi connectivity index (χ0) is 13.8. The summed E-state index contributed by atoms with van der Waals surface area (Å²) in [5, 5.41) is 4.46. The first-order chi connectivity index (χ1) is 9.04. The number of hydrogen-bond donors (Lipinski definition) is 1. The van der Waals surface area contributed by atoms with Crippen LogP contribution in [0.5, 0.6) is 0 Å². The molecule has 0 bridgehead atoms. The second-order valence-corrected chi connectivity index (χ2v) is 6.06. The van der Waals surface area contributed by atoms with Crippen LogP contribution in [0.25, 0.3) is 0 Å². The molecule has 0 saturated carbocycles. The molecule has 1 aromatic carbocycles. The lowest BCUT2D eigenvalue weighted by Gasteiger charge is -2.03. The van der Waals surface area contributed by atoms with Gasteiger partial charge in [0.15, 0.2) is 0 Å². The van der Waals surface area contributed by atoms with Crippen molar-refractivity contribution in [2.24, 2.45) is 0 Å². The molecule has 1 N–H and O–H groups in total. The van der Waals surface area contributed by atoms with Crippen LogP contribution in [0.15, 0.2) is 24.3 Å². The topological polar surface area (TPSA) is 42.0 Å². The predicted octanol–water partition coefficient (Wildman–Crippen LogP) is 3.27. The van der Waals surface area contributed by atoms with Gasteiger partial charge >= 0.3 is 0 Å². The van der Waals surface area contributed by atoms with Crippen molar-refractivity contribution in [1.29, 1.82) is 0 Å². The highest BCUT2D eigenvalue weighted by molar-refractivity contribution is 7.11. The molecule has 0 spiro atoms. The summed E-state index contributed by atoms with van der Waals surface area (Å²) in [5.74, 6) is -0.0206. The van der Waals surface area contributed by atoms with Crippen molar-refractivity contribution in [3.8, 4) is 0 Å². The molecular weight excluding hydrogens is 280 g/mol. The molecule has 1 heterocycles. The molecule has 100 valence electrons. The van der Waals surface area contributed by atoms with Gasteiger partial charge in [-0.15, -0.1) is 11.3 Å². The van der Waals surface area contributed by atoms with E-state index in [1.54, 1.807) is 23.5 Å². The first kappa shape index (κ1) is 14.0. The van der Waals surface area contributed by atoms with Gasteiger partial charge in [-0.05, 0) is 31.5 Å². The van der Waals surface area contributed by atoms with Gasteiger partial charge < -0.3 is 5.32 Å². The number of carbonyl (C=O) groups excluding carboxylic acids is 1. The Labute approximate surface area is 121 Å². The SMILES string of the molecule is Cc1nc(CNC(=O)Cc2cccc(Cl)c2)sc1C. The molecule has 0 atom stereocenters. The van der Waals surface area contributed by atoms with Gasteiger partial charge in [-0.1, -0.05) is 23.7 Å². The lowest BCUT2D eigenvalue weighted by Crippen LogP contribution is -2.24. The number of hydrogen-bond acceptors (Lipinski definition) is 3. The van der Waals surface area contributed by atoms with Crippen LogP contribution in [0, 0.1) is 13.8 Å². The molecule has 0 saturated heterocycles. The number of aryl methyl sites for hydroxylation is 2. The van der Waals surface area contributed by atoms with Crippen LogP contribution in [0.4, 0.5) is 0 Å². The van der Waals surface area contributed by atoms with Gasteiger partial charge in [-0.25, -0.2) is 4.98 Å². The minimum Gasteiger partial charge on any atom is -0.349 e. The molecule has 1 aromatic heterocycles. The first-order valence-corrected chi connectivity index (χ1v) is 7.18. The summed E-state index contributed by atoms with van der Waals surface area (Å²) >= 11 is 7.50. The summed E-state index contributed by atoms with van der Waals surface area (Å²) in [4.78, 5) is 17.4. The van der Waals surface area contributed by atoms with E-state index in [9.17, 15) is 4.79 Å². The molecule has 1 amide bonds. The van der Waals surface area contributed by atoms with Gasteiger partial charge in [0.25, 0.3) is 0 Å². The number of rotatable bonds is 4. The zero-order valence-electron chi connectivity index (χ0n) is 10.9. The van der Waals surface area contributed by atoms with E-state index in [1.807, 2.05) is 26.0 Å². The number of amides is 1. The fraction of sp³-hybridized carbons (Fsp3) is 0.286. The van der Waals surface area contributed by atoms with Crippen LogP contribution < -0.4 is 5.32 Å². The predicted molar refractivity (Wildman–Crippen MR) is 78.6 cm³/mol. The summed E-state index contributed by atoms with van der Waals surface area (Å²) in [6.07, 6.45) is 0.337. The summed E-state index contributed by atoms with van der Waals surface area (Å²) < 4.78 is 0. The van der Waals surface area contributed by atoms with Crippen LogP contribution in [0.1, 0.15) is 21.1 Å². The highest BCUT2D eigenvalue weighted by Crippen LogP contribution is 2.16. The van der Waals surface area contributed by atoms with Crippen molar-refractivity contribution in [1.82, 2.24) is 10.3 Å². The Kier molecular flexibility index (Phi) is 4.56. The van der Waals surface area contributed by atoms with E-state index in [4.69, 9.17) is 11.6 Å². The van der Waals surface area contributed by atoms with E-state index < -0.39 is 0 Å². The third kappa shape index (κ3) is 4.04. The van der Waals surface area contributed by atoms with E-state index in [2.05, 4.69) is 10.3 Å². The second kappa shape index (κ2) is 6.17. The third-order valence-electron chi connectivity index (χ3n) is 2.76. The minimum absolute atomic E-state index is 0.0206. The van der Waals surface area contributed by atoms with E-state index >= 15 is 0 Å². The fourth-order valence-corrected chi connectivity index (χ4v) is 2.77. The van der Waals surface area contributed by atoms with E-state index in [1.165, 1.54) is 4.88 Å². The molecule has 5 heteroatoms. The van der Waals surface area contributed by atoms with Crippen LogP contribution in [-0.2, 0) is 17.8 Å². The molecule has 19 heavy (non-hydrogen) atoms. The monoisotopic (exact) mass is 294 g/mol. The quantitative estimate of drug-likeness (QED) is 0.940. The Bertz CT molecular complexity index is 575. The van der Waals surface area contributed by atoms with Gasteiger partial charge in [0, 0.05) is 9.90 Å². The number of benzene rings is 1. The van der Waals surface area contributed by atoms with Gasteiger partial charge in [0.2, 0.25) is 5.91 Å². The van der Waals surface area contributed by atoms with E-state index in [0.29, 0.717) is 18.0 Å². The molecule has 0 aliphatic heterocycles. The Morgan fingerprint density at radius 3 is 2.84 bits per heavy atom. The number of carbonyl (C=O) groups is 1. The maximum atomic E-state index is 11.8. The molecule has 0 unspecified atom stereocenters. The molecule has 3 nitrogen and oxygen atoms in total. The summed E-state index contributed by atoms with van der Waals surface area (Å²) in [6, 6.07) is 7.34. The smallest absolute Gasteiger partial charge is 0.224 e.